The molecular weight excluding hydrogens is 286 g/mol. The lowest BCUT2D eigenvalue weighted by Gasteiger charge is -2.27. The molecule has 2 rings (SSSR count). The number of aryl methyl sites for hydroxylation is 1. The fourth-order valence-corrected chi connectivity index (χ4v) is 3.30. The standard InChI is InChI=1S/C20H31NO2/c1-17-10-9-13-19(16-17)23-15-8-7-14-20(22)21(2)18-11-5-3-4-6-12-18/h9-10,13,16,18H,3-8,11-12,14-15H2,1-2H3. The van der Waals surface area contributed by atoms with E-state index in [1.165, 1.54) is 44.1 Å². The lowest BCUT2D eigenvalue weighted by Crippen LogP contribution is -2.36. The topological polar surface area (TPSA) is 29.5 Å². The largest absolute Gasteiger partial charge is 0.494 e. The van der Waals surface area contributed by atoms with Crippen molar-refractivity contribution in [3.63, 3.8) is 0 Å². The van der Waals surface area contributed by atoms with Crippen molar-refractivity contribution < 1.29 is 9.53 Å². The Kier molecular flexibility index (Phi) is 7.44. The summed E-state index contributed by atoms with van der Waals surface area (Å²) in [6.45, 7) is 2.75. The third-order valence-corrected chi connectivity index (χ3v) is 4.81. The summed E-state index contributed by atoms with van der Waals surface area (Å²) in [7, 11) is 1.99. The average molecular weight is 317 g/mol. The van der Waals surface area contributed by atoms with Gasteiger partial charge in [0.25, 0.3) is 0 Å². The van der Waals surface area contributed by atoms with E-state index in [1.54, 1.807) is 0 Å². The van der Waals surface area contributed by atoms with Crippen LogP contribution in [0.15, 0.2) is 24.3 Å². The van der Waals surface area contributed by atoms with Gasteiger partial charge in [-0.15, -0.1) is 0 Å². The van der Waals surface area contributed by atoms with Gasteiger partial charge in [-0.3, -0.25) is 4.79 Å². The molecule has 0 aromatic heterocycles. The maximum atomic E-state index is 12.3. The maximum Gasteiger partial charge on any atom is 0.222 e. The molecule has 0 spiro atoms. The van der Waals surface area contributed by atoms with E-state index in [0.717, 1.165) is 18.6 Å². The minimum atomic E-state index is 0.299. The number of ether oxygens (including phenoxy) is 1. The Morgan fingerprint density at radius 3 is 2.61 bits per heavy atom. The van der Waals surface area contributed by atoms with Crippen molar-refractivity contribution in [3.8, 4) is 5.75 Å². The summed E-state index contributed by atoms with van der Waals surface area (Å²) in [4.78, 5) is 14.3. The number of carbonyl (C=O) groups is 1. The van der Waals surface area contributed by atoms with Gasteiger partial charge in [0, 0.05) is 19.5 Å². The first kappa shape index (κ1) is 17.8. The Morgan fingerprint density at radius 1 is 1.17 bits per heavy atom. The van der Waals surface area contributed by atoms with Crippen molar-refractivity contribution in [1.29, 1.82) is 0 Å². The van der Waals surface area contributed by atoms with Gasteiger partial charge in [0.2, 0.25) is 5.91 Å². The van der Waals surface area contributed by atoms with Crippen LogP contribution in [0.5, 0.6) is 5.75 Å². The van der Waals surface area contributed by atoms with Crippen molar-refractivity contribution in [2.45, 2.75) is 70.8 Å². The Bertz CT molecular complexity index is 478. The minimum absolute atomic E-state index is 0.299. The monoisotopic (exact) mass is 317 g/mol. The predicted octanol–water partition coefficient (Wildman–Crippen LogP) is 4.73. The van der Waals surface area contributed by atoms with E-state index in [-0.39, 0.29) is 0 Å². The minimum Gasteiger partial charge on any atom is -0.494 e. The first-order valence-corrected chi connectivity index (χ1v) is 9.12. The molecule has 0 unspecified atom stereocenters. The van der Waals surface area contributed by atoms with Gasteiger partial charge < -0.3 is 9.64 Å². The van der Waals surface area contributed by atoms with Crippen LogP contribution in [0, 0.1) is 6.92 Å². The Balaban J connectivity index is 1.62. The van der Waals surface area contributed by atoms with Crippen molar-refractivity contribution in [3.05, 3.63) is 29.8 Å². The smallest absolute Gasteiger partial charge is 0.222 e. The summed E-state index contributed by atoms with van der Waals surface area (Å²) in [6.07, 6.45) is 10.0. The summed E-state index contributed by atoms with van der Waals surface area (Å²) in [6, 6.07) is 8.57. The van der Waals surface area contributed by atoms with Gasteiger partial charge >= 0.3 is 0 Å². The van der Waals surface area contributed by atoms with E-state index in [0.29, 0.717) is 25.0 Å². The lowest BCUT2D eigenvalue weighted by atomic mass is 10.1. The molecule has 1 fully saturated rings. The molecular formula is C20H31NO2. The molecule has 0 aliphatic heterocycles. The van der Waals surface area contributed by atoms with E-state index < -0.39 is 0 Å². The number of unbranched alkanes of at least 4 members (excludes halogenated alkanes) is 1. The van der Waals surface area contributed by atoms with E-state index in [1.807, 2.05) is 30.1 Å². The first-order valence-electron chi connectivity index (χ1n) is 9.12. The molecule has 0 bridgehead atoms. The fraction of sp³-hybridized carbons (Fsp3) is 0.650. The fourth-order valence-electron chi connectivity index (χ4n) is 3.30. The van der Waals surface area contributed by atoms with Crippen molar-refractivity contribution >= 4 is 5.91 Å². The highest BCUT2D eigenvalue weighted by molar-refractivity contribution is 5.76. The number of carbonyl (C=O) groups excluding carboxylic acids is 1. The lowest BCUT2D eigenvalue weighted by molar-refractivity contribution is -0.132. The van der Waals surface area contributed by atoms with Crippen LogP contribution in [-0.2, 0) is 4.79 Å². The average Bonchev–Trinajstić information content (AvgIpc) is 2.83. The van der Waals surface area contributed by atoms with Gasteiger partial charge in [-0.25, -0.2) is 0 Å². The molecule has 23 heavy (non-hydrogen) atoms. The molecule has 128 valence electrons. The normalized spacial score (nSPS) is 15.9. The van der Waals surface area contributed by atoms with Crippen LogP contribution in [0.2, 0.25) is 0 Å². The summed E-state index contributed by atoms with van der Waals surface area (Å²) < 4.78 is 5.74. The van der Waals surface area contributed by atoms with Crippen LogP contribution >= 0.6 is 0 Å². The van der Waals surface area contributed by atoms with E-state index in [9.17, 15) is 4.79 Å². The Labute approximate surface area is 141 Å². The number of rotatable bonds is 7. The first-order chi connectivity index (χ1) is 11.2. The summed E-state index contributed by atoms with van der Waals surface area (Å²) in [5, 5.41) is 0. The van der Waals surface area contributed by atoms with Crippen LogP contribution in [-0.4, -0.2) is 30.5 Å². The Hall–Kier alpha value is -1.51. The Morgan fingerprint density at radius 2 is 1.91 bits per heavy atom. The maximum absolute atomic E-state index is 12.3. The molecule has 1 saturated carbocycles. The summed E-state index contributed by atoms with van der Waals surface area (Å²) in [5.74, 6) is 1.22. The van der Waals surface area contributed by atoms with Crippen LogP contribution < -0.4 is 4.74 Å². The number of hydrogen-bond acceptors (Lipinski definition) is 2. The SMILES string of the molecule is Cc1cccc(OCCCCC(=O)N(C)C2CCCCCC2)c1. The number of hydrogen-bond donors (Lipinski definition) is 0. The third kappa shape index (κ3) is 6.25. The third-order valence-electron chi connectivity index (χ3n) is 4.81. The molecule has 1 aliphatic rings. The molecule has 0 N–H and O–H groups in total. The number of amides is 1. The molecule has 3 nitrogen and oxygen atoms in total. The zero-order chi connectivity index (χ0) is 16.5. The van der Waals surface area contributed by atoms with Gasteiger partial charge in [0.05, 0.1) is 6.61 Å². The van der Waals surface area contributed by atoms with Crippen molar-refractivity contribution in [2.75, 3.05) is 13.7 Å². The van der Waals surface area contributed by atoms with Gasteiger partial charge in [0.1, 0.15) is 5.75 Å². The second-order valence-electron chi connectivity index (χ2n) is 6.77. The van der Waals surface area contributed by atoms with E-state index in [4.69, 9.17) is 4.74 Å². The van der Waals surface area contributed by atoms with Crippen molar-refractivity contribution in [2.24, 2.45) is 0 Å². The molecule has 0 heterocycles. The summed E-state index contributed by atoms with van der Waals surface area (Å²) >= 11 is 0. The highest BCUT2D eigenvalue weighted by atomic mass is 16.5. The molecule has 0 radical (unpaired) electrons. The van der Waals surface area contributed by atoms with Gasteiger partial charge in [0.15, 0.2) is 0 Å². The highest BCUT2D eigenvalue weighted by Gasteiger charge is 2.20. The molecule has 1 amide bonds. The molecule has 1 aromatic carbocycles. The number of nitrogens with zero attached hydrogens (tertiary/aromatic N) is 1. The highest BCUT2D eigenvalue weighted by Crippen LogP contribution is 2.21. The quantitative estimate of drug-likeness (QED) is 0.537. The van der Waals surface area contributed by atoms with Crippen LogP contribution in [0.3, 0.4) is 0 Å². The van der Waals surface area contributed by atoms with Crippen LogP contribution in [0.1, 0.15) is 63.4 Å². The van der Waals surface area contributed by atoms with E-state index in [2.05, 4.69) is 13.0 Å². The molecule has 1 aliphatic carbocycles. The van der Waals surface area contributed by atoms with Crippen molar-refractivity contribution in [1.82, 2.24) is 4.90 Å². The second kappa shape index (κ2) is 9.59. The van der Waals surface area contributed by atoms with Gasteiger partial charge in [-0.2, -0.15) is 0 Å². The number of benzene rings is 1. The second-order valence-corrected chi connectivity index (χ2v) is 6.77. The van der Waals surface area contributed by atoms with Gasteiger partial charge in [-0.05, 0) is 50.3 Å². The zero-order valence-electron chi connectivity index (χ0n) is 14.7. The predicted molar refractivity (Wildman–Crippen MR) is 94.8 cm³/mol. The molecule has 0 saturated heterocycles. The van der Waals surface area contributed by atoms with E-state index >= 15 is 0 Å². The molecule has 0 atom stereocenters. The molecule has 3 heteroatoms. The zero-order valence-corrected chi connectivity index (χ0v) is 14.7. The molecule has 1 aromatic rings. The summed E-state index contributed by atoms with van der Waals surface area (Å²) in [5.41, 5.74) is 1.21. The van der Waals surface area contributed by atoms with Crippen LogP contribution in [0.25, 0.3) is 0 Å². The van der Waals surface area contributed by atoms with Gasteiger partial charge in [-0.1, -0.05) is 37.8 Å². The van der Waals surface area contributed by atoms with Crippen LogP contribution in [0.4, 0.5) is 0 Å².